The summed E-state index contributed by atoms with van der Waals surface area (Å²) in [4.78, 5) is 3.51. The zero-order chi connectivity index (χ0) is 11.4. The summed E-state index contributed by atoms with van der Waals surface area (Å²) in [6, 6.07) is 1.19. The number of likely N-dealkylation sites (N-methyl/N-ethyl adjacent to an activating group) is 1. The highest BCUT2D eigenvalue weighted by Crippen LogP contribution is 2.21. The lowest BCUT2D eigenvalue weighted by atomic mass is 10.1. The minimum absolute atomic E-state index is 0.0576. The third-order valence-electron chi connectivity index (χ3n) is 1.95. The Balaban J connectivity index is 2.89. The fraction of sp³-hybridized carbons (Fsp3) is 0.444. The van der Waals surface area contributed by atoms with Gasteiger partial charge in [0.15, 0.2) is 0 Å². The van der Waals surface area contributed by atoms with Crippen molar-refractivity contribution in [2.75, 3.05) is 13.6 Å². The molecule has 0 aliphatic rings. The zero-order valence-electron chi connectivity index (χ0n) is 8.11. The third-order valence-corrected chi connectivity index (χ3v) is 2.15. The smallest absolute Gasteiger partial charge is 0.147 e. The molecule has 84 valence electrons. The normalized spacial score (nSPS) is 15.0. The number of rotatable bonds is 4. The van der Waals surface area contributed by atoms with Crippen LogP contribution in [0.4, 0.5) is 4.39 Å². The molecular formula is C9H12ClFN2O2. The van der Waals surface area contributed by atoms with E-state index in [4.69, 9.17) is 11.6 Å². The van der Waals surface area contributed by atoms with Gasteiger partial charge in [-0.15, -0.1) is 0 Å². The molecule has 4 nitrogen and oxygen atoms in total. The van der Waals surface area contributed by atoms with Crippen molar-refractivity contribution in [3.8, 4) is 0 Å². The minimum Gasteiger partial charge on any atom is -0.389 e. The van der Waals surface area contributed by atoms with E-state index in [9.17, 15) is 14.6 Å². The molecule has 2 unspecified atom stereocenters. The van der Waals surface area contributed by atoms with E-state index >= 15 is 0 Å². The van der Waals surface area contributed by atoms with E-state index in [2.05, 4.69) is 10.3 Å². The Kier molecular flexibility index (Phi) is 4.41. The van der Waals surface area contributed by atoms with E-state index in [0.29, 0.717) is 0 Å². The van der Waals surface area contributed by atoms with Crippen LogP contribution >= 0.6 is 11.6 Å². The molecule has 1 rings (SSSR count). The fourth-order valence-electron chi connectivity index (χ4n) is 1.18. The third kappa shape index (κ3) is 3.10. The highest BCUT2D eigenvalue weighted by molar-refractivity contribution is 6.29. The first kappa shape index (κ1) is 12.3. The van der Waals surface area contributed by atoms with Gasteiger partial charge < -0.3 is 15.5 Å². The van der Waals surface area contributed by atoms with Crippen molar-refractivity contribution in [1.29, 1.82) is 0 Å². The Hall–Kier alpha value is -0.750. The monoisotopic (exact) mass is 234 g/mol. The van der Waals surface area contributed by atoms with E-state index < -0.39 is 18.0 Å². The highest BCUT2D eigenvalue weighted by atomic mass is 35.5. The van der Waals surface area contributed by atoms with Crippen LogP contribution in [0.2, 0.25) is 5.15 Å². The van der Waals surface area contributed by atoms with Crippen molar-refractivity contribution in [1.82, 2.24) is 10.3 Å². The predicted octanol–water partition coefficient (Wildman–Crippen LogP) is 0.488. The molecule has 1 aromatic rings. The molecule has 0 radical (unpaired) electrons. The number of aliphatic hydroxyl groups excluding tert-OH is 2. The van der Waals surface area contributed by atoms with E-state index in [-0.39, 0.29) is 17.3 Å². The maximum absolute atomic E-state index is 13.2. The van der Waals surface area contributed by atoms with Crippen molar-refractivity contribution in [3.05, 3.63) is 28.8 Å². The number of aliphatic hydroxyl groups is 2. The van der Waals surface area contributed by atoms with E-state index in [1.807, 2.05) is 0 Å². The topological polar surface area (TPSA) is 65.4 Å². The van der Waals surface area contributed by atoms with Crippen molar-refractivity contribution in [3.63, 3.8) is 0 Å². The van der Waals surface area contributed by atoms with Crippen LogP contribution in [-0.2, 0) is 0 Å². The second-order valence-corrected chi connectivity index (χ2v) is 3.49. The molecular weight excluding hydrogens is 223 g/mol. The summed E-state index contributed by atoms with van der Waals surface area (Å²) in [5.74, 6) is -0.693. The van der Waals surface area contributed by atoms with Crippen LogP contribution in [0, 0.1) is 5.82 Å². The van der Waals surface area contributed by atoms with Crippen LogP contribution < -0.4 is 5.32 Å². The Labute approximate surface area is 91.7 Å². The van der Waals surface area contributed by atoms with Gasteiger partial charge in [0.1, 0.15) is 17.1 Å². The molecule has 3 N–H and O–H groups in total. The number of hydrogen-bond donors (Lipinski definition) is 3. The summed E-state index contributed by atoms with van der Waals surface area (Å²) < 4.78 is 13.2. The quantitative estimate of drug-likeness (QED) is 0.664. The fourth-order valence-corrected chi connectivity index (χ4v) is 1.35. The summed E-state index contributed by atoms with van der Waals surface area (Å²) in [6.07, 6.45) is -1.51. The lowest BCUT2D eigenvalue weighted by Gasteiger charge is -2.18. The largest absolute Gasteiger partial charge is 0.389 e. The summed E-state index contributed by atoms with van der Waals surface area (Å²) in [5, 5.41) is 21.8. The van der Waals surface area contributed by atoms with Crippen molar-refractivity contribution < 1.29 is 14.6 Å². The molecule has 0 saturated carbocycles. The Bertz CT molecular complexity index is 338. The average molecular weight is 235 g/mol. The number of pyridine rings is 1. The second-order valence-electron chi connectivity index (χ2n) is 3.10. The first-order valence-corrected chi connectivity index (χ1v) is 4.75. The molecule has 15 heavy (non-hydrogen) atoms. The van der Waals surface area contributed by atoms with Gasteiger partial charge in [-0.1, -0.05) is 11.6 Å². The van der Waals surface area contributed by atoms with Gasteiger partial charge in [0.2, 0.25) is 0 Å². The Morgan fingerprint density at radius 2 is 2.27 bits per heavy atom. The van der Waals surface area contributed by atoms with Gasteiger partial charge >= 0.3 is 0 Å². The summed E-state index contributed by atoms with van der Waals surface area (Å²) in [5.41, 5.74) is -0.0576. The molecule has 0 amide bonds. The Morgan fingerprint density at radius 1 is 1.60 bits per heavy atom. The first-order valence-electron chi connectivity index (χ1n) is 4.38. The molecule has 0 saturated heterocycles. The molecule has 0 aliphatic heterocycles. The maximum Gasteiger partial charge on any atom is 0.147 e. The van der Waals surface area contributed by atoms with Crippen molar-refractivity contribution >= 4 is 11.6 Å². The van der Waals surface area contributed by atoms with E-state index in [1.165, 1.54) is 6.07 Å². The van der Waals surface area contributed by atoms with Crippen LogP contribution in [0.5, 0.6) is 0 Å². The van der Waals surface area contributed by atoms with Gasteiger partial charge in [0.05, 0.1) is 12.3 Å². The number of nitrogens with one attached hydrogen (secondary N) is 1. The molecule has 0 aromatic carbocycles. The van der Waals surface area contributed by atoms with Crippen LogP contribution in [0.3, 0.4) is 0 Å². The SMILES string of the molecule is CNCC(O)C(O)c1cc(Cl)ncc1F. The number of aromatic nitrogens is 1. The van der Waals surface area contributed by atoms with E-state index in [1.54, 1.807) is 7.05 Å². The maximum atomic E-state index is 13.2. The summed E-state index contributed by atoms with van der Waals surface area (Å²) >= 11 is 5.56. The standard InChI is InChI=1S/C9H12ClFN2O2/c1-12-4-7(14)9(15)5-2-8(10)13-3-6(5)11/h2-3,7,9,12,14-15H,4H2,1H3. The molecule has 1 aromatic heterocycles. The summed E-state index contributed by atoms with van der Waals surface area (Å²) in [6.45, 7) is 0.153. The van der Waals surface area contributed by atoms with Gasteiger partial charge in [-0.25, -0.2) is 9.37 Å². The molecule has 0 bridgehead atoms. The van der Waals surface area contributed by atoms with Crippen molar-refractivity contribution in [2.24, 2.45) is 0 Å². The van der Waals surface area contributed by atoms with Gasteiger partial charge in [-0.3, -0.25) is 0 Å². The van der Waals surface area contributed by atoms with Gasteiger partial charge in [0.25, 0.3) is 0 Å². The molecule has 6 heteroatoms. The van der Waals surface area contributed by atoms with Crippen LogP contribution in [-0.4, -0.2) is 34.9 Å². The van der Waals surface area contributed by atoms with Crippen LogP contribution in [0.25, 0.3) is 0 Å². The van der Waals surface area contributed by atoms with Gasteiger partial charge in [-0.2, -0.15) is 0 Å². The lowest BCUT2D eigenvalue weighted by molar-refractivity contribution is 0.0181. The van der Waals surface area contributed by atoms with Crippen LogP contribution in [0.1, 0.15) is 11.7 Å². The van der Waals surface area contributed by atoms with E-state index in [0.717, 1.165) is 6.20 Å². The summed E-state index contributed by atoms with van der Waals surface area (Å²) in [7, 11) is 1.62. The first-order chi connectivity index (χ1) is 7.06. The van der Waals surface area contributed by atoms with Crippen LogP contribution in [0.15, 0.2) is 12.3 Å². The van der Waals surface area contributed by atoms with Crippen molar-refractivity contribution in [2.45, 2.75) is 12.2 Å². The predicted molar refractivity (Wildman–Crippen MR) is 54.1 cm³/mol. The van der Waals surface area contributed by atoms with Gasteiger partial charge in [0, 0.05) is 12.1 Å². The molecule has 0 spiro atoms. The lowest BCUT2D eigenvalue weighted by Crippen LogP contribution is -2.30. The minimum atomic E-state index is -1.32. The molecule has 0 fully saturated rings. The second kappa shape index (κ2) is 5.37. The highest BCUT2D eigenvalue weighted by Gasteiger charge is 2.21. The number of halogens is 2. The Morgan fingerprint density at radius 3 is 2.87 bits per heavy atom. The zero-order valence-corrected chi connectivity index (χ0v) is 8.87. The molecule has 2 atom stereocenters. The molecule has 0 aliphatic carbocycles. The van der Waals surface area contributed by atoms with Gasteiger partial charge in [-0.05, 0) is 13.1 Å². The molecule has 1 heterocycles. The average Bonchev–Trinajstić information content (AvgIpc) is 2.21. The number of hydrogen-bond acceptors (Lipinski definition) is 4. The number of nitrogens with zero attached hydrogens (tertiary/aromatic N) is 1.